The quantitative estimate of drug-likeness (QED) is 0.833. The molecule has 0 aliphatic carbocycles. The topological polar surface area (TPSA) is 27.1 Å². The van der Waals surface area contributed by atoms with Gasteiger partial charge in [-0.3, -0.25) is 4.68 Å². The van der Waals surface area contributed by atoms with E-state index in [1.54, 1.807) is 22.9 Å². The minimum Gasteiger partial charge on any atom is -0.497 e. The molecule has 0 radical (unpaired) electrons. The monoisotopic (exact) mass is 362 g/mol. The van der Waals surface area contributed by atoms with Crippen LogP contribution in [0.15, 0.2) is 33.5 Å². The van der Waals surface area contributed by atoms with Gasteiger partial charge >= 0.3 is 0 Å². The van der Waals surface area contributed by atoms with Crippen molar-refractivity contribution in [3.63, 3.8) is 0 Å². The van der Waals surface area contributed by atoms with Crippen molar-refractivity contribution in [2.45, 2.75) is 6.54 Å². The molecule has 2 rings (SSSR count). The van der Waals surface area contributed by atoms with Crippen LogP contribution in [0.2, 0.25) is 0 Å². The van der Waals surface area contributed by atoms with E-state index in [0.717, 1.165) is 4.60 Å². The summed E-state index contributed by atoms with van der Waals surface area (Å²) >= 11 is 6.61. The second kappa shape index (κ2) is 5.18. The van der Waals surface area contributed by atoms with Crippen LogP contribution in [0.5, 0.6) is 5.75 Å². The van der Waals surface area contributed by atoms with Crippen molar-refractivity contribution in [3.05, 3.63) is 44.9 Å². The Morgan fingerprint density at radius 3 is 2.65 bits per heavy atom. The Morgan fingerprint density at radius 1 is 1.35 bits per heavy atom. The molecule has 0 fully saturated rings. The fraction of sp³-hybridized carbons (Fsp3) is 0.182. The van der Waals surface area contributed by atoms with Gasteiger partial charge < -0.3 is 4.74 Å². The first-order chi connectivity index (χ1) is 8.10. The number of benzene rings is 1. The molecular weight excluding hydrogens is 355 g/mol. The fourth-order valence-electron chi connectivity index (χ4n) is 1.42. The number of nitrogens with zero attached hydrogens (tertiary/aromatic N) is 2. The van der Waals surface area contributed by atoms with Crippen molar-refractivity contribution in [1.29, 1.82) is 0 Å². The molecule has 1 aromatic heterocycles. The summed E-state index contributed by atoms with van der Waals surface area (Å²) in [5.41, 5.74) is 0.558. The summed E-state index contributed by atoms with van der Waals surface area (Å²) in [7, 11) is 1.51. The average molecular weight is 364 g/mol. The van der Waals surface area contributed by atoms with E-state index in [-0.39, 0.29) is 5.82 Å². The number of ether oxygens (including phenoxy) is 1. The Labute approximate surface area is 115 Å². The van der Waals surface area contributed by atoms with Gasteiger partial charge in [0.15, 0.2) is 0 Å². The van der Waals surface area contributed by atoms with Crippen LogP contribution >= 0.6 is 31.9 Å². The van der Waals surface area contributed by atoms with Gasteiger partial charge in [-0.05, 0) is 37.9 Å². The molecule has 0 saturated carbocycles. The molecule has 0 amide bonds. The van der Waals surface area contributed by atoms with Crippen molar-refractivity contribution in [2.75, 3.05) is 7.11 Å². The molecule has 1 aromatic carbocycles. The minimum atomic E-state index is -0.303. The van der Waals surface area contributed by atoms with Gasteiger partial charge in [-0.2, -0.15) is 5.10 Å². The Morgan fingerprint density at radius 2 is 2.12 bits per heavy atom. The largest absolute Gasteiger partial charge is 0.497 e. The van der Waals surface area contributed by atoms with Crippen molar-refractivity contribution < 1.29 is 9.13 Å². The predicted octanol–water partition coefficient (Wildman–Crippen LogP) is 3.60. The Kier molecular flexibility index (Phi) is 3.83. The maximum atomic E-state index is 13.7. The summed E-state index contributed by atoms with van der Waals surface area (Å²) in [5.74, 6) is 0.204. The second-order valence-corrected chi connectivity index (χ2v) is 5.03. The normalized spacial score (nSPS) is 10.6. The predicted molar refractivity (Wildman–Crippen MR) is 69.7 cm³/mol. The molecule has 0 saturated heterocycles. The minimum absolute atomic E-state index is 0.303. The maximum Gasteiger partial charge on any atom is 0.131 e. The van der Waals surface area contributed by atoms with E-state index in [2.05, 4.69) is 37.0 Å². The van der Waals surface area contributed by atoms with Crippen LogP contribution in [0.25, 0.3) is 0 Å². The highest BCUT2D eigenvalue weighted by Crippen LogP contribution is 2.21. The summed E-state index contributed by atoms with van der Waals surface area (Å²) in [6, 6.07) is 6.59. The number of halogens is 3. The van der Waals surface area contributed by atoms with E-state index in [4.69, 9.17) is 4.74 Å². The Bertz CT molecular complexity index is 542. The van der Waals surface area contributed by atoms with Gasteiger partial charge in [0.1, 0.15) is 20.8 Å². The van der Waals surface area contributed by atoms with Crippen LogP contribution in [0.3, 0.4) is 0 Å². The molecule has 0 bridgehead atoms. The SMILES string of the molecule is COc1ccc(Cn2nc(Br)cc2Br)c(F)c1. The molecule has 0 spiro atoms. The van der Waals surface area contributed by atoms with Crippen LogP contribution in [0, 0.1) is 5.82 Å². The van der Waals surface area contributed by atoms with Crippen LogP contribution in [0.4, 0.5) is 4.39 Å². The molecular formula is C11H9Br2FN2O. The zero-order valence-electron chi connectivity index (χ0n) is 8.95. The first-order valence-electron chi connectivity index (χ1n) is 4.81. The van der Waals surface area contributed by atoms with Gasteiger partial charge in [0.25, 0.3) is 0 Å². The van der Waals surface area contributed by atoms with E-state index >= 15 is 0 Å². The van der Waals surface area contributed by atoms with E-state index < -0.39 is 0 Å². The second-order valence-electron chi connectivity index (χ2n) is 3.40. The summed E-state index contributed by atoms with van der Waals surface area (Å²) in [6.45, 7) is 0.363. The fourth-order valence-corrected chi connectivity index (χ4v) is 2.56. The van der Waals surface area contributed by atoms with E-state index in [1.165, 1.54) is 13.2 Å². The summed E-state index contributed by atoms with van der Waals surface area (Å²) in [5, 5.41) is 4.18. The third kappa shape index (κ3) is 2.87. The van der Waals surface area contributed by atoms with E-state index in [0.29, 0.717) is 22.5 Å². The molecule has 0 atom stereocenters. The summed E-state index contributed by atoms with van der Waals surface area (Å²) in [4.78, 5) is 0. The number of rotatable bonds is 3. The third-order valence-electron chi connectivity index (χ3n) is 2.28. The Hall–Kier alpha value is -0.880. The number of hydrogen-bond donors (Lipinski definition) is 0. The van der Waals surface area contributed by atoms with Crippen molar-refractivity contribution >= 4 is 31.9 Å². The van der Waals surface area contributed by atoms with Gasteiger partial charge in [0.2, 0.25) is 0 Å². The van der Waals surface area contributed by atoms with Crippen molar-refractivity contribution in [2.24, 2.45) is 0 Å². The molecule has 17 heavy (non-hydrogen) atoms. The van der Waals surface area contributed by atoms with Gasteiger partial charge in [0, 0.05) is 17.7 Å². The molecule has 0 unspecified atom stereocenters. The van der Waals surface area contributed by atoms with Gasteiger partial charge in [0.05, 0.1) is 13.7 Å². The molecule has 3 nitrogen and oxygen atoms in total. The first kappa shape index (κ1) is 12.6. The van der Waals surface area contributed by atoms with E-state index in [1.807, 2.05) is 0 Å². The van der Waals surface area contributed by atoms with Crippen LogP contribution in [-0.2, 0) is 6.54 Å². The molecule has 6 heteroatoms. The molecule has 0 aliphatic heterocycles. The van der Waals surface area contributed by atoms with Crippen LogP contribution in [-0.4, -0.2) is 16.9 Å². The summed E-state index contributed by atoms with van der Waals surface area (Å²) in [6.07, 6.45) is 0. The van der Waals surface area contributed by atoms with Crippen LogP contribution in [0.1, 0.15) is 5.56 Å². The van der Waals surface area contributed by atoms with Crippen molar-refractivity contribution in [1.82, 2.24) is 9.78 Å². The lowest BCUT2D eigenvalue weighted by atomic mass is 10.2. The molecule has 2 aromatic rings. The number of hydrogen-bond acceptors (Lipinski definition) is 2. The number of aromatic nitrogens is 2. The lowest BCUT2D eigenvalue weighted by Crippen LogP contribution is -2.04. The average Bonchev–Trinajstić information content (AvgIpc) is 2.60. The zero-order valence-corrected chi connectivity index (χ0v) is 12.1. The first-order valence-corrected chi connectivity index (χ1v) is 6.40. The maximum absolute atomic E-state index is 13.7. The highest BCUT2D eigenvalue weighted by atomic mass is 79.9. The Balaban J connectivity index is 2.27. The molecule has 0 aliphatic rings. The summed E-state index contributed by atoms with van der Waals surface area (Å²) < 4.78 is 21.8. The zero-order chi connectivity index (χ0) is 12.4. The smallest absolute Gasteiger partial charge is 0.131 e. The van der Waals surface area contributed by atoms with Gasteiger partial charge in [-0.15, -0.1) is 0 Å². The van der Waals surface area contributed by atoms with Crippen molar-refractivity contribution in [3.8, 4) is 5.75 Å². The highest BCUT2D eigenvalue weighted by molar-refractivity contribution is 9.11. The standard InChI is InChI=1S/C11H9Br2FN2O/c1-17-8-3-2-7(9(14)4-8)6-16-11(13)5-10(12)15-16/h2-5H,6H2,1H3. The molecule has 0 N–H and O–H groups in total. The lowest BCUT2D eigenvalue weighted by molar-refractivity contribution is 0.410. The third-order valence-corrected chi connectivity index (χ3v) is 3.31. The molecule has 1 heterocycles. The lowest BCUT2D eigenvalue weighted by Gasteiger charge is -2.06. The van der Waals surface area contributed by atoms with E-state index in [9.17, 15) is 4.39 Å². The van der Waals surface area contributed by atoms with Gasteiger partial charge in [-0.25, -0.2) is 4.39 Å². The highest BCUT2D eigenvalue weighted by Gasteiger charge is 2.08. The van der Waals surface area contributed by atoms with Crippen LogP contribution < -0.4 is 4.74 Å². The number of methoxy groups -OCH3 is 1. The van der Waals surface area contributed by atoms with Gasteiger partial charge in [-0.1, -0.05) is 6.07 Å². The molecule has 90 valence electrons.